The van der Waals surface area contributed by atoms with Gasteiger partial charge in [-0.15, -0.1) is 0 Å². The summed E-state index contributed by atoms with van der Waals surface area (Å²) in [6.07, 6.45) is 0.377. The molecule has 2 aromatic carbocycles. The highest BCUT2D eigenvalue weighted by atomic mass is 16.5. The summed E-state index contributed by atoms with van der Waals surface area (Å²) < 4.78 is 5.25. The van der Waals surface area contributed by atoms with Crippen molar-refractivity contribution in [3.63, 3.8) is 0 Å². The van der Waals surface area contributed by atoms with Crippen molar-refractivity contribution in [2.45, 2.75) is 25.8 Å². The lowest BCUT2D eigenvalue weighted by atomic mass is 9.88. The van der Waals surface area contributed by atoms with Gasteiger partial charge in [-0.3, -0.25) is 9.78 Å². The molecule has 0 aliphatic heterocycles. The van der Waals surface area contributed by atoms with Gasteiger partial charge in [-0.1, -0.05) is 48.5 Å². The molecule has 27 heavy (non-hydrogen) atoms. The lowest BCUT2D eigenvalue weighted by Gasteiger charge is -2.18. The predicted octanol–water partition coefficient (Wildman–Crippen LogP) is 4.24. The van der Waals surface area contributed by atoms with Crippen molar-refractivity contribution in [1.29, 1.82) is 0 Å². The highest BCUT2D eigenvalue weighted by molar-refractivity contribution is 5.77. The number of amides is 1. The zero-order valence-corrected chi connectivity index (χ0v) is 15.7. The number of ether oxygens (including phenoxy) is 1. The van der Waals surface area contributed by atoms with Gasteiger partial charge < -0.3 is 10.1 Å². The van der Waals surface area contributed by atoms with Gasteiger partial charge in [-0.05, 0) is 42.3 Å². The van der Waals surface area contributed by atoms with E-state index in [4.69, 9.17) is 4.74 Å². The van der Waals surface area contributed by atoms with Gasteiger partial charge in [0.1, 0.15) is 5.75 Å². The van der Waals surface area contributed by atoms with Crippen LogP contribution >= 0.6 is 0 Å². The van der Waals surface area contributed by atoms with Crippen molar-refractivity contribution >= 4 is 5.91 Å². The SMILES string of the molecule is COc1ccc([C@@H](CC(=O)NCc2cccc(C)n2)c2ccccc2)cc1. The third kappa shape index (κ3) is 5.17. The second kappa shape index (κ2) is 8.99. The van der Waals surface area contributed by atoms with Crippen LogP contribution in [0.4, 0.5) is 0 Å². The molecule has 0 spiro atoms. The van der Waals surface area contributed by atoms with E-state index in [2.05, 4.69) is 22.4 Å². The van der Waals surface area contributed by atoms with Crippen molar-refractivity contribution in [3.8, 4) is 5.75 Å². The highest BCUT2D eigenvalue weighted by Crippen LogP contribution is 2.29. The van der Waals surface area contributed by atoms with E-state index in [1.807, 2.05) is 67.6 Å². The maximum Gasteiger partial charge on any atom is 0.221 e. The molecule has 1 amide bonds. The normalized spacial score (nSPS) is 11.6. The Bertz CT molecular complexity index is 876. The van der Waals surface area contributed by atoms with Crippen LogP contribution in [0.2, 0.25) is 0 Å². The van der Waals surface area contributed by atoms with Gasteiger partial charge in [0.25, 0.3) is 0 Å². The first kappa shape index (κ1) is 18.6. The smallest absolute Gasteiger partial charge is 0.221 e. The molecular weight excluding hydrogens is 336 g/mol. The molecule has 1 N–H and O–H groups in total. The van der Waals surface area contributed by atoms with Crippen LogP contribution in [-0.2, 0) is 11.3 Å². The van der Waals surface area contributed by atoms with E-state index >= 15 is 0 Å². The van der Waals surface area contributed by atoms with Crippen LogP contribution in [0.5, 0.6) is 5.75 Å². The van der Waals surface area contributed by atoms with Gasteiger partial charge in [0.15, 0.2) is 0 Å². The highest BCUT2D eigenvalue weighted by Gasteiger charge is 2.18. The number of benzene rings is 2. The van der Waals surface area contributed by atoms with Crippen molar-refractivity contribution in [2.75, 3.05) is 7.11 Å². The number of pyridine rings is 1. The fraction of sp³-hybridized carbons (Fsp3) is 0.217. The summed E-state index contributed by atoms with van der Waals surface area (Å²) in [4.78, 5) is 17.0. The molecular formula is C23H24N2O2. The zero-order chi connectivity index (χ0) is 19.1. The summed E-state index contributed by atoms with van der Waals surface area (Å²) in [7, 11) is 1.65. The lowest BCUT2D eigenvalue weighted by Crippen LogP contribution is -2.25. The van der Waals surface area contributed by atoms with Crippen molar-refractivity contribution < 1.29 is 9.53 Å². The quantitative estimate of drug-likeness (QED) is 0.686. The van der Waals surface area contributed by atoms with Crippen LogP contribution in [0.15, 0.2) is 72.8 Å². The number of nitrogens with zero attached hydrogens (tertiary/aromatic N) is 1. The van der Waals surface area contributed by atoms with E-state index in [-0.39, 0.29) is 11.8 Å². The van der Waals surface area contributed by atoms with Gasteiger partial charge in [-0.25, -0.2) is 0 Å². The Morgan fingerprint density at radius 3 is 2.33 bits per heavy atom. The Labute approximate surface area is 160 Å². The first-order valence-electron chi connectivity index (χ1n) is 9.04. The topological polar surface area (TPSA) is 51.2 Å². The molecule has 4 nitrogen and oxygen atoms in total. The van der Waals surface area contributed by atoms with Crippen LogP contribution in [0.3, 0.4) is 0 Å². The molecule has 0 saturated heterocycles. The van der Waals surface area contributed by atoms with Crippen LogP contribution in [0.25, 0.3) is 0 Å². The van der Waals surface area contributed by atoms with E-state index in [0.29, 0.717) is 13.0 Å². The second-order valence-corrected chi connectivity index (χ2v) is 6.49. The minimum absolute atomic E-state index is 0.00276. The number of aryl methyl sites for hydroxylation is 1. The number of rotatable bonds is 7. The molecule has 1 atom stereocenters. The molecule has 0 saturated carbocycles. The molecule has 0 aliphatic rings. The average molecular weight is 360 g/mol. The molecule has 0 bridgehead atoms. The molecule has 4 heteroatoms. The molecule has 1 aromatic heterocycles. The number of methoxy groups -OCH3 is 1. The van der Waals surface area contributed by atoms with Crippen molar-refractivity contribution in [1.82, 2.24) is 10.3 Å². The Morgan fingerprint density at radius 1 is 0.963 bits per heavy atom. The molecule has 3 rings (SSSR count). The van der Waals surface area contributed by atoms with E-state index < -0.39 is 0 Å². The van der Waals surface area contributed by atoms with Gasteiger partial charge in [0, 0.05) is 18.0 Å². The van der Waals surface area contributed by atoms with Crippen molar-refractivity contribution in [2.24, 2.45) is 0 Å². The Morgan fingerprint density at radius 2 is 1.67 bits per heavy atom. The molecule has 0 fully saturated rings. The number of nitrogens with one attached hydrogen (secondary N) is 1. The monoisotopic (exact) mass is 360 g/mol. The minimum atomic E-state index is -0.0115. The Hall–Kier alpha value is -3.14. The molecule has 1 heterocycles. The molecule has 138 valence electrons. The standard InChI is InChI=1S/C23H24N2O2/c1-17-7-6-10-20(25-17)16-24-23(26)15-22(18-8-4-3-5-9-18)19-11-13-21(27-2)14-12-19/h3-14,22H,15-16H2,1-2H3,(H,24,26)/t22-/m0/s1. The zero-order valence-electron chi connectivity index (χ0n) is 15.7. The third-order valence-corrected chi connectivity index (χ3v) is 4.52. The van der Waals surface area contributed by atoms with Crippen LogP contribution in [-0.4, -0.2) is 18.0 Å². The second-order valence-electron chi connectivity index (χ2n) is 6.49. The average Bonchev–Trinajstić information content (AvgIpc) is 2.71. The number of carbonyl (C=O) groups excluding carboxylic acids is 1. The van der Waals surface area contributed by atoms with Gasteiger partial charge in [0.2, 0.25) is 5.91 Å². The summed E-state index contributed by atoms with van der Waals surface area (Å²) in [6, 6.07) is 23.8. The first-order chi connectivity index (χ1) is 13.2. The van der Waals surface area contributed by atoms with Crippen molar-refractivity contribution in [3.05, 3.63) is 95.3 Å². The Kier molecular flexibility index (Phi) is 6.21. The third-order valence-electron chi connectivity index (χ3n) is 4.52. The van der Waals surface area contributed by atoms with E-state index in [1.165, 1.54) is 0 Å². The largest absolute Gasteiger partial charge is 0.497 e. The van der Waals surface area contributed by atoms with E-state index in [0.717, 1.165) is 28.3 Å². The molecule has 0 unspecified atom stereocenters. The number of hydrogen-bond acceptors (Lipinski definition) is 3. The summed E-state index contributed by atoms with van der Waals surface area (Å²) >= 11 is 0. The minimum Gasteiger partial charge on any atom is -0.497 e. The Balaban J connectivity index is 1.73. The summed E-state index contributed by atoms with van der Waals surface area (Å²) in [5.41, 5.74) is 4.02. The summed E-state index contributed by atoms with van der Waals surface area (Å²) in [5, 5.41) is 2.99. The number of aromatic nitrogens is 1. The number of carbonyl (C=O) groups is 1. The fourth-order valence-electron chi connectivity index (χ4n) is 3.09. The first-order valence-corrected chi connectivity index (χ1v) is 9.04. The molecule has 3 aromatic rings. The lowest BCUT2D eigenvalue weighted by molar-refractivity contribution is -0.121. The van der Waals surface area contributed by atoms with Gasteiger partial charge in [-0.2, -0.15) is 0 Å². The van der Waals surface area contributed by atoms with Crippen LogP contribution in [0, 0.1) is 6.92 Å². The van der Waals surface area contributed by atoms with Crippen LogP contribution < -0.4 is 10.1 Å². The van der Waals surface area contributed by atoms with Gasteiger partial charge >= 0.3 is 0 Å². The molecule has 0 aliphatic carbocycles. The maximum absolute atomic E-state index is 12.6. The number of hydrogen-bond donors (Lipinski definition) is 1. The fourth-order valence-corrected chi connectivity index (χ4v) is 3.09. The van der Waals surface area contributed by atoms with Gasteiger partial charge in [0.05, 0.1) is 19.3 Å². The summed E-state index contributed by atoms with van der Waals surface area (Å²) in [5.74, 6) is 0.797. The van der Waals surface area contributed by atoms with Crippen LogP contribution in [0.1, 0.15) is 34.9 Å². The predicted molar refractivity (Wildman–Crippen MR) is 107 cm³/mol. The maximum atomic E-state index is 12.6. The summed E-state index contributed by atoms with van der Waals surface area (Å²) in [6.45, 7) is 2.38. The molecule has 0 radical (unpaired) electrons. The van der Waals surface area contributed by atoms with E-state index in [9.17, 15) is 4.79 Å². The van der Waals surface area contributed by atoms with E-state index in [1.54, 1.807) is 7.11 Å².